The molecule has 0 fully saturated rings. The molecule has 2 aliphatic heterocycles. The fourth-order valence-electron chi connectivity index (χ4n) is 2.81. The first-order chi connectivity index (χ1) is 11.6. The summed E-state index contributed by atoms with van der Waals surface area (Å²) in [5.74, 6) is -0.456. The number of amides is 2. The van der Waals surface area contributed by atoms with Crippen molar-refractivity contribution in [1.29, 1.82) is 0 Å². The van der Waals surface area contributed by atoms with Crippen LogP contribution in [0, 0.1) is 0 Å². The van der Waals surface area contributed by atoms with Crippen LogP contribution in [-0.2, 0) is 4.79 Å². The van der Waals surface area contributed by atoms with E-state index in [-0.39, 0.29) is 11.6 Å². The summed E-state index contributed by atoms with van der Waals surface area (Å²) < 4.78 is 0. The van der Waals surface area contributed by atoms with Crippen LogP contribution in [0.15, 0.2) is 59.2 Å². The zero-order valence-corrected chi connectivity index (χ0v) is 13.5. The molecule has 2 aromatic carbocycles. The molecule has 2 aromatic rings. The van der Waals surface area contributed by atoms with Crippen molar-refractivity contribution in [1.82, 2.24) is 4.90 Å². The van der Waals surface area contributed by atoms with Crippen molar-refractivity contribution in [2.75, 3.05) is 11.9 Å². The summed E-state index contributed by atoms with van der Waals surface area (Å²) in [6.45, 7) is 0. The highest BCUT2D eigenvalue weighted by molar-refractivity contribution is 6.32. The molecule has 24 heavy (non-hydrogen) atoms. The molecule has 6 heteroatoms. The van der Waals surface area contributed by atoms with Gasteiger partial charge in [-0.3, -0.25) is 9.59 Å². The van der Waals surface area contributed by atoms with Crippen LogP contribution in [-0.4, -0.2) is 29.7 Å². The Kier molecular flexibility index (Phi) is 3.25. The molecular formula is C18H12ClN3O2. The molecule has 0 bridgehead atoms. The molecule has 0 saturated heterocycles. The van der Waals surface area contributed by atoms with Crippen LogP contribution in [0.1, 0.15) is 15.9 Å². The third kappa shape index (κ3) is 2.13. The minimum absolute atomic E-state index is 0.223. The first-order valence-electron chi connectivity index (χ1n) is 7.34. The second-order valence-corrected chi connectivity index (χ2v) is 5.95. The molecule has 0 N–H and O–H groups in total. The highest BCUT2D eigenvalue weighted by Gasteiger charge is 2.42. The van der Waals surface area contributed by atoms with E-state index >= 15 is 0 Å². The van der Waals surface area contributed by atoms with Gasteiger partial charge in [0.2, 0.25) is 5.96 Å². The summed E-state index contributed by atoms with van der Waals surface area (Å²) in [6.07, 6.45) is 1.65. The molecule has 0 aromatic heterocycles. The minimum atomic E-state index is -0.425. The zero-order chi connectivity index (χ0) is 16.8. The van der Waals surface area contributed by atoms with E-state index < -0.39 is 5.91 Å². The SMILES string of the molecule is CN1C2=N/C(=C\c3ccc(Cl)cc3)C(=O)N2C(=O)c2ccccc21. The average molecular weight is 338 g/mol. The highest BCUT2D eigenvalue weighted by Crippen LogP contribution is 2.32. The summed E-state index contributed by atoms with van der Waals surface area (Å²) in [4.78, 5) is 32.5. The Balaban J connectivity index is 1.79. The summed E-state index contributed by atoms with van der Waals surface area (Å²) in [5, 5.41) is 0.615. The first kappa shape index (κ1) is 14.7. The van der Waals surface area contributed by atoms with Crippen LogP contribution in [0.25, 0.3) is 6.08 Å². The lowest BCUT2D eigenvalue weighted by atomic mass is 10.1. The Morgan fingerprint density at radius 2 is 1.71 bits per heavy atom. The Morgan fingerprint density at radius 3 is 2.46 bits per heavy atom. The number of rotatable bonds is 1. The lowest BCUT2D eigenvalue weighted by molar-refractivity contribution is -0.121. The fraction of sp³-hybridized carbons (Fsp3) is 0.0556. The van der Waals surface area contributed by atoms with E-state index in [1.807, 2.05) is 12.1 Å². The van der Waals surface area contributed by atoms with Gasteiger partial charge in [0, 0.05) is 12.1 Å². The molecular weight excluding hydrogens is 326 g/mol. The van der Waals surface area contributed by atoms with Crippen LogP contribution in [0.3, 0.4) is 0 Å². The van der Waals surface area contributed by atoms with Gasteiger partial charge in [-0.15, -0.1) is 0 Å². The van der Waals surface area contributed by atoms with Crippen LogP contribution in [0.5, 0.6) is 0 Å². The number of guanidine groups is 1. The topological polar surface area (TPSA) is 53.0 Å². The summed E-state index contributed by atoms with van der Waals surface area (Å²) >= 11 is 5.87. The third-order valence-electron chi connectivity index (χ3n) is 4.01. The normalized spacial score (nSPS) is 17.9. The molecule has 2 aliphatic rings. The fourth-order valence-corrected chi connectivity index (χ4v) is 2.93. The molecule has 2 heterocycles. The number of para-hydroxylation sites is 1. The molecule has 0 radical (unpaired) electrons. The molecule has 2 amide bonds. The Morgan fingerprint density at radius 1 is 1.00 bits per heavy atom. The van der Waals surface area contributed by atoms with Crippen molar-refractivity contribution in [3.05, 3.63) is 70.4 Å². The van der Waals surface area contributed by atoms with Gasteiger partial charge < -0.3 is 4.90 Å². The minimum Gasteiger partial charge on any atom is -0.314 e. The summed E-state index contributed by atoms with van der Waals surface area (Å²) in [6, 6.07) is 14.2. The van der Waals surface area contributed by atoms with Gasteiger partial charge in [0.1, 0.15) is 5.70 Å². The van der Waals surface area contributed by atoms with E-state index in [9.17, 15) is 9.59 Å². The first-order valence-corrected chi connectivity index (χ1v) is 7.71. The lowest BCUT2D eigenvalue weighted by Gasteiger charge is -2.31. The standard InChI is InChI=1S/C18H12ClN3O2/c1-21-15-5-3-2-4-13(15)16(23)22-17(24)14(20-18(21)22)10-11-6-8-12(19)9-7-11/h2-10H,1H3/b14-10-. The maximum atomic E-state index is 12.6. The Hall–Kier alpha value is -2.92. The van der Waals surface area contributed by atoms with Crippen molar-refractivity contribution in [3.8, 4) is 0 Å². The van der Waals surface area contributed by atoms with E-state index in [2.05, 4.69) is 4.99 Å². The van der Waals surface area contributed by atoms with E-state index in [0.29, 0.717) is 16.5 Å². The number of nitrogens with zero attached hydrogens (tertiary/aromatic N) is 3. The van der Waals surface area contributed by atoms with Gasteiger partial charge in [-0.05, 0) is 35.9 Å². The number of benzene rings is 2. The maximum Gasteiger partial charge on any atom is 0.286 e. The summed E-state index contributed by atoms with van der Waals surface area (Å²) in [5.41, 5.74) is 2.23. The van der Waals surface area contributed by atoms with E-state index in [1.165, 1.54) is 0 Å². The van der Waals surface area contributed by atoms with Crippen LogP contribution in [0.2, 0.25) is 5.02 Å². The predicted molar refractivity (Wildman–Crippen MR) is 92.9 cm³/mol. The molecule has 0 unspecified atom stereocenters. The number of imide groups is 1. The average Bonchev–Trinajstić information content (AvgIpc) is 2.92. The number of anilines is 1. The highest BCUT2D eigenvalue weighted by atomic mass is 35.5. The summed E-state index contributed by atoms with van der Waals surface area (Å²) in [7, 11) is 1.79. The zero-order valence-electron chi connectivity index (χ0n) is 12.7. The molecule has 0 spiro atoms. The number of carbonyl (C=O) groups is 2. The van der Waals surface area contributed by atoms with Gasteiger partial charge >= 0.3 is 0 Å². The number of halogens is 1. The number of aliphatic imine (C=N–C) groups is 1. The predicted octanol–water partition coefficient (Wildman–Crippen LogP) is 3.17. The largest absolute Gasteiger partial charge is 0.314 e. The van der Waals surface area contributed by atoms with E-state index in [4.69, 9.17) is 11.6 Å². The number of hydrogen-bond acceptors (Lipinski definition) is 4. The number of fused-ring (bicyclic) bond motifs is 2. The number of hydrogen-bond donors (Lipinski definition) is 0. The van der Waals surface area contributed by atoms with Crippen molar-refractivity contribution in [2.45, 2.75) is 0 Å². The van der Waals surface area contributed by atoms with E-state index in [1.54, 1.807) is 54.4 Å². The van der Waals surface area contributed by atoms with Crippen molar-refractivity contribution in [2.24, 2.45) is 4.99 Å². The molecule has 118 valence electrons. The van der Waals surface area contributed by atoms with Crippen molar-refractivity contribution < 1.29 is 9.59 Å². The van der Waals surface area contributed by atoms with Gasteiger partial charge in [0.25, 0.3) is 11.8 Å². The molecule has 0 atom stereocenters. The molecule has 0 saturated carbocycles. The van der Waals surface area contributed by atoms with Crippen LogP contribution < -0.4 is 4.90 Å². The van der Waals surface area contributed by atoms with Gasteiger partial charge in [-0.1, -0.05) is 35.9 Å². The molecule has 0 aliphatic carbocycles. The van der Waals surface area contributed by atoms with Crippen LogP contribution >= 0.6 is 11.6 Å². The second kappa shape index (κ2) is 5.32. The second-order valence-electron chi connectivity index (χ2n) is 5.51. The lowest BCUT2D eigenvalue weighted by Crippen LogP contribution is -2.50. The smallest absolute Gasteiger partial charge is 0.286 e. The monoisotopic (exact) mass is 337 g/mol. The number of carbonyl (C=O) groups excluding carboxylic acids is 2. The van der Waals surface area contributed by atoms with E-state index in [0.717, 1.165) is 16.2 Å². The van der Waals surface area contributed by atoms with Crippen molar-refractivity contribution in [3.63, 3.8) is 0 Å². The van der Waals surface area contributed by atoms with Gasteiger partial charge in [0.15, 0.2) is 0 Å². The van der Waals surface area contributed by atoms with Crippen LogP contribution in [0.4, 0.5) is 5.69 Å². The Labute approximate surface area is 143 Å². The van der Waals surface area contributed by atoms with Gasteiger partial charge in [-0.2, -0.15) is 0 Å². The van der Waals surface area contributed by atoms with Gasteiger partial charge in [0.05, 0.1) is 11.3 Å². The maximum absolute atomic E-state index is 12.6. The van der Waals surface area contributed by atoms with Crippen molar-refractivity contribution >= 4 is 41.1 Å². The third-order valence-corrected chi connectivity index (χ3v) is 4.27. The quantitative estimate of drug-likeness (QED) is 0.593. The van der Waals surface area contributed by atoms with Gasteiger partial charge in [-0.25, -0.2) is 9.89 Å². The Bertz CT molecular complexity index is 932. The molecule has 4 rings (SSSR count). The molecule has 5 nitrogen and oxygen atoms in total.